The van der Waals surface area contributed by atoms with Gasteiger partial charge in [-0.25, -0.2) is 0 Å². The first-order valence-electron chi connectivity index (χ1n) is 6.35. The molecule has 0 spiro atoms. The van der Waals surface area contributed by atoms with Crippen LogP contribution in [-0.2, 0) is 0 Å². The number of hydrogen-bond donors (Lipinski definition) is 0. The maximum Gasteiger partial charge on any atom is 0.0136 e. The number of hydrogen-bond acceptors (Lipinski definition) is 1. The number of rotatable bonds is 3. The molecule has 0 unspecified atom stereocenters. The molecule has 0 saturated heterocycles. The van der Waals surface area contributed by atoms with Crippen molar-refractivity contribution in [1.82, 2.24) is 0 Å². The van der Waals surface area contributed by atoms with Crippen molar-refractivity contribution in [2.24, 2.45) is 5.92 Å². The smallest absolute Gasteiger partial charge is 0.0136 e. The average Bonchev–Trinajstić information content (AvgIpc) is 2.79. The minimum Gasteiger partial charge on any atom is -0.120 e. The van der Waals surface area contributed by atoms with Gasteiger partial charge in [0.1, 0.15) is 0 Å². The summed E-state index contributed by atoms with van der Waals surface area (Å²) in [6.07, 6.45) is 13.0. The van der Waals surface area contributed by atoms with E-state index in [9.17, 15) is 0 Å². The van der Waals surface area contributed by atoms with Crippen molar-refractivity contribution < 1.29 is 0 Å². The summed E-state index contributed by atoms with van der Waals surface area (Å²) >= 11 is 1.91. The molecule has 0 nitrogen and oxygen atoms in total. The van der Waals surface area contributed by atoms with E-state index < -0.39 is 0 Å². The Balaban J connectivity index is 1.99. The normalized spacial score (nSPS) is 15.9. The summed E-state index contributed by atoms with van der Waals surface area (Å²) in [5.74, 6) is 0.466. The zero-order valence-corrected chi connectivity index (χ0v) is 12.1. The molecule has 0 fully saturated rings. The van der Waals surface area contributed by atoms with Gasteiger partial charge in [-0.05, 0) is 17.7 Å². The number of benzene rings is 1. The van der Waals surface area contributed by atoms with Crippen LogP contribution in [0.15, 0.2) is 59.5 Å². The molecule has 94 valence electrons. The summed E-state index contributed by atoms with van der Waals surface area (Å²) in [6.45, 7) is 6.72. The van der Waals surface area contributed by atoms with E-state index in [0.29, 0.717) is 5.92 Å². The Morgan fingerprint density at radius 3 is 2.17 bits per heavy atom. The lowest BCUT2D eigenvalue weighted by Gasteiger charge is -2.17. The van der Waals surface area contributed by atoms with Gasteiger partial charge in [0.05, 0.1) is 0 Å². The van der Waals surface area contributed by atoms with Gasteiger partial charge < -0.3 is 0 Å². The highest BCUT2D eigenvalue weighted by Crippen LogP contribution is 2.31. The second-order valence-corrected chi connectivity index (χ2v) is 7.39. The van der Waals surface area contributed by atoms with Gasteiger partial charge >= 0.3 is 0 Å². The first-order chi connectivity index (χ1) is 8.53. The van der Waals surface area contributed by atoms with Gasteiger partial charge in [0, 0.05) is 15.6 Å². The van der Waals surface area contributed by atoms with Crippen LogP contribution in [0.2, 0.25) is 0 Å². The Morgan fingerprint density at radius 1 is 1.00 bits per heavy atom. The van der Waals surface area contributed by atoms with Crippen molar-refractivity contribution in [2.45, 2.75) is 30.4 Å². The predicted octanol–water partition coefficient (Wildman–Crippen LogP) is 5.33. The van der Waals surface area contributed by atoms with Crippen LogP contribution in [0, 0.1) is 5.92 Å². The van der Waals surface area contributed by atoms with E-state index in [1.54, 1.807) is 0 Å². The molecule has 0 aliphatic heterocycles. The molecule has 18 heavy (non-hydrogen) atoms. The first-order valence-corrected chi connectivity index (χ1v) is 7.17. The Morgan fingerprint density at radius 2 is 1.61 bits per heavy atom. The van der Waals surface area contributed by atoms with Gasteiger partial charge in [-0.15, -0.1) is 11.8 Å². The molecule has 0 atom stereocenters. The largest absolute Gasteiger partial charge is 0.120 e. The maximum atomic E-state index is 2.24. The third-order valence-corrected chi connectivity index (χ3v) is 3.71. The first kappa shape index (κ1) is 13.2. The van der Waals surface area contributed by atoms with Crippen LogP contribution in [0.5, 0.6) is 0 Å². The van der Waals surface area contributed by atoms with Crippen LogP contribution in [0.4, 0.5) is 0 Å². The van der Waals surface area contributed by atoms with Crippen LogP contribution >= 0.6 is 11.8 Å². The number of thioether (sulfide) groups is 1. The Labute approximate surface area is 114 Å². The SMILES string of the molecule is CC(C)(C)Sc1ccc(C=CC2C=CC=C2)cc1. The molecule has 2 rings (SSSR count). The van der Waals surface area contributed by atoms with E-state index in [-0.39, 0.29) is 4.75 Å². The summed E-state index contributed by atoms with van der Waals surface area (Å²) in [4.78, 5) is 1.33. The van der Waals surface area contributed by atoms with E-state index in [4.69, 9.17) is 0 Å². The molecule has 1 aliphatic carbocycles. The molecule has 0 N–H and O–H groups in total. The van der Waals surface area contributed by atoms with Gasteiger partial charge in [-0.1, -0.05) is 69.4 Å². The fourth-order valence-corrected chi connectivity index (χ4v) is 2.78. The molecule has 0 saturated carbocycles. The molecule has 0 heterocycles. The molecule has 1 aliphatic rings. The van der Waals surface area contributed by atoms with Gasteiger partial charge in [0.2, 0.25) is 0 Å². The standard InChI is InChI=1S/C17H20S/c1-17(2,3)18-16-12-10-15(11-13-16)9-8-14-6-4-5-7-14/h4-14H,1-3H3. The second-order valence-electron chi connectivity index (χ2n) is 5.49. The molecule has 0 amide bonds. The second kappa shape index (κ2) is 5.62. The predicted molar refractivity (Wildman–Crippen MR) is 82.9 cm³/mol. The van der Waals surface area contributed by atoms with Gasteiger partial charge in [0.25, 0.3) is 0 Å². The summed E-state index contributed by atoms with van der Waals surface area (Å²) in [5.41, 5.74) is 1.27. The quantitative estimate of drug-likeness (QED) is 0.658. The molecule has 1 heteroatoms. The summed E-state index contributed by atoms with van der Waals surface area (Å²) in [6, 6.07) is 8.78. The lowest BCUT2D eigenvalue weighted by Crippen LogP contribution is -2.06. The summed E-state index contributed by atoms with van der Waals surface area (Å²) < 4.78 is 0.275. The van der Waals surface area contributed by atoms with E-state index in [0.717, 1.165) is 0 Å². The zero-order chi connectivity index (χ0) is 13.0. The van der Waals surface area contributed by atoms with Crippen molar-refractivity contribution in [3.63, 3.8) is 0 Å². The van der Waals surface area contributed by atoms with E-state index in [1.807, 2.05) is 11.8 Å². The van der Waals surface area contributed by atoms with Crippen molar-refractivity contribution in [2.75, 3.05) is 0 Å². The maximum absolute atomic E-state index is 2.24. The third kappa shape index (κ3) is 4.23. The van der Waals surface area contributed by atoms with Gasteiger partial charge in [-0.2, -0.15) is 0 Å². The van der Waals surface area contributed by atoms with Crippen LogP contribution in [0.1, 0.15) is 26.3 Å². The van der Waals surface area contributed by atoms with Crippen LogP contribution in [0.25, 0.3) is 6.08 Å². The fourth-order valence-electron chi connectivity index (χ4n) is 1.80. The minimum atomic E-state index is 0.275. The Hall–Kier alpha value is -1.21. The number of allylic oxidation sites excluding steroid dienone is 5. The Kier molecular flexibility index (Phi) is 4.13. The minimum absolute atomic E-state index is 0.275. The van der Waals surface area contributed by atoms with Crippen LogP contribution in [0.3, 0.4) is 0 Å². The highest BCUT2D eigenvalue weighted by molar-refractivity contribution is 8.00. The monoisotopic (exact) mass is 256 g/mol. The van der Waals surface area contributed by atoms with Crippen molar-refractivity contribution >= 4 is 17.8 Å². The van der Waals surface area contributed by atoms with E-state index >= 15 is 0 Å². The lowest BCUT2D eigenvalue weighted by atomic mass is 10.1. The topological polar surface area (TPSA) is 0 Å². The fraction of sp³-hybridized carbons (Fsp3) is 0.294. The summed E-state index contributed by atoms with van der Waals surface area (Å²) in [5, 5.41) is 0. The Bertz CT molecular complexity index is 457. The third-order valence-electron chi connectivity index (χ3n) is 2.59. The molecule has 0 radical (unpaired) electrons. The van der Waals surface area contributed by atoms with Crippen molar-refractivity contribution in [3.05, 3.63) is 60.2 Å². The lowest BCUT2D eigenvalue weighted by molar-refractivity contribution is 0.803. The molecule has 0 aromatic heterocycles. The van der Waals surface area contributed by atoms with E-state index in [2.05, 4.69) is 81.5 Å². The molecule has 0 bridgehead atoms. The molecule has 1 aromatic carbocycles. The van der Waals surface area contributed by atoms with E-state index in [1.165, 1.54) is 10.5 Å². The molecular formula is C17H20S. The van der Waals surface area contributed by atoms with Crippen molar-refractivity contribution in [3.8, 4) is 0 Å². The zero-order valence-electron chi connectivity index (χ0n) is 11.3. The summed E-state index contributed by atoms with van der Waals surface area (Å²) in [7, 11) is 0. The van der Waals surface area contributed by atoms with Crippen molar-refractivity contribution in [1.29, 1.82) is 0 Å². The van der Waals surface area contributed by atoms with Gasteiger partial charge in [0.15, 0.2) is 0 Å². The highest BCUT2D eigenvalue weighted by Gasteiger charge is 2.11. The molecule has 1 aromatic rings. The van der Waals surface area contributed by atoms with Crippen LogP contribution < -0.4 is 0 Å². The van der Waals surface area contributed by atoms with Crippen LogP contribution in [-0.4, -0.2) is 4.75 Å². The molecular weight excluding hydrogens is 236 g/mol. The van der Waals surface area contributed by atoms with Gasteiger partial charge in [-0.3, -0.25) is 0 Å². The highest BCUT2D eigenvalue weighted by atomic mass is 32.2. The average molecular weight is 256 g/mol.